The van der Waals surface area contributed by atoms with Crippen molar-refractivity contribution in [3.05, 3.63) is 87.7 Å². The van der Waals surface area contributed by atoms with E-state index in [1.54, 1.807) is 66.2 Å². The molecule has 0 bridgehead atoms. The second-order valence-electron chi connectivity index (χ2n) is 7.90. The minimum absolute atomic E-state index is 0.0676. The van der Waals surface area contributed by atoms with Crippen LogP contribution >= 0.6 is 23.2 Å². The summed E-state index contributed by atoms with van der Waals surface area (Å²) >= 11 is 12.1. The Morgan fingerprint density at radius 2 is 1.82 bits per heavy atom. The molecule has 1 aromatic heterocycles. The first-order chi connectivity index (χ1) is 16.1. The maximum absolute atomic E-state index is 13.2. The van der Waals surface area contributed by atoms with Gasteiger partial charge < -0.3 is 9.88 Å². The Kier molecular flexibility index (Phi) is 8.39. The van der Waals surface area contributed by atoms with Crippen molar-refractivity contribution >= 4 is 39.1 Å². The molecule has 0 aliphatic heterocycles. The Labute approximate surface area is 209 Å². The quantitative estimate of drug-likeness (QED) is 0.432. The number of nitrogens with one attached hydrogen (secondary N) is 2. The van der Waals surface area contributed by atoms with E-state index in [0.29, 0.717) is 16.3 Å². The van der Waals surface area contributed by atoms with Crippen LogP contribution in [0.3, 0.4) is 0 Å². The van der Waals surface area contributed by atoms with Gasteiger partial charge in [0.2, 0.25) is 15.9 Å². The first-order valence-corrected chi connectivity index (χ1v) is 12.7. The zero-order valence-electron chi connectivity index (χ0n) is 18.6. The van der Waals surface area contributed by atoms with Crippen molar-refractivity contribution in [1.29, 1.82) is 5.26 Å². The molecule has 1 heterocycles. The summed E-state index contributed by atoms with van der Waals surface area (Å²) in [6.45, 7) is 3.65. The normalized spacial score (nSPS) is 13.1. The summed E-state index contributed by atoms with van der Waals surface area (Å²) in [5, 5.41) is 12.8. The number of carbonyl (C=O) groups excluding carboxylic acids is 1. The molecule has 7 nitrogen and oxygen atoms in total. The molecule has 2 atom stereocenters. The molecule has 34 heavy (non-hydrogen) atoms. The van der Waals surface area contributed by atoms with Crippen molar-refractivity contribution in [3.63, 3.8) is 0 Å². The van der Waals surface area contributed by atoms with Crippen molar-refractivity contribution in [2.24, 2.45) is 0 Å². The van der Waals surface area contributed by atoms with E-state index in [1.807, 2.05) is 6.92 Å². The topological polar surface area (TPSA) is 104 Å². The van der Waals surface area contributed by atoms with Crippen molar-refractivity contribution in [2.75, 3.05) is 0 Å². The van der Waals surface area contributed by atoms with Gasteiger partial charge in [-0.3, -0.25) is 4.79 Å². The Morgan fingerprint density at radius 3 is 2.47 bits per heavy atom. The predicted octanol–water partition coefficient (Wildman–Crippen LogP) is 4.59. The maximum Gasteiger partial charge on any atom is 0.243 e. The lowest BCUT2D eigenvalue weighted by molar-refractivity contribution is -0.123. The van der Waals surface area contributed by atoms with Gasteiger partial charge in [-0.1, -0.05) is 47.5 Å². The van der Waals surface area contributed by atoms with Gasteiger partial charge in [0.25, 0.3) is 0 Å². The number of hydrogen-bond acceptors (Lipinski definition) is 4. The molecule has 0 saturated carbocycles. The number of aryl methyl sites for hydroxylation is 1. The highest BCUT2D eigenvalue weighted by Crippen LogP contribution is 2.26. The summed E-state index contributed by atoms with van der Waals surface area (Å²) in [4.78, 5) is 13.1. The first kappa shape index (κ1) is 25.8. The number of benzene rings is 2. The largest absolute Gasteiger partial charge is 0.351 e. The van der Waals surface area contributed by atoms with Crippen LogP contribution in [0, 0.1) is 18.3 Å². The lowest BCUT2D eigenvalue weighted by atomic mass is 10.1. The number of nitriles is 1. The van der Waals surface area contributed by atoms with Crippen LogP contribution in [-0.4, -0.2) is 24.9 Å². The molecular weight excluding hydrogens is 495 g/mol. The van der Waals surface area contributed by atoms with Crippen LogP contribution in [0.2, 0.25) is 10.0 Å². The molecule has 178 valence electrons. The summed E-state index contributed by atoms with van der Waals surface area (Å²) in [7, 11) is -4.12. The summed E-state index contributed by atoms with van der Waals surface area (Å²) < 4.78 is 30.7. The average Bonchev–Trinajstić information content (AvgIpc) is 3.26. The van der Waals surface area contributed by atoms with Crippen LogP contribution < -0.4 is 10.0 Å². The van der Waals surface area contributed by atoms with Gasteiger partial charge in [0.1, 0.15) is 22.7 Å². The average molecular weight is 519 g/mol. The highest BCUT2D eigenvalue weighted by atomic mass is 35.5. The van der Waals surface area contributed by atoms with Gasteiger partial charge in [-0.2, -0.15) is 9.98 Å². The molecule has 10 heteroatoms. The molecular formula is C24H24Cl2N4O3S. The van der Waals surface area contributed by atoms with Crippen molar-refractivity contribution in [3.8, 4) is 6.07 Å². The first-order valence-electron chi connectivity index (χ1n) is 10.5. The van der Waals surface area contributed by atoms with Crippen molar-refractivity contribution in [2.45, 2.75) is 43.8 Å². The van der Waals surface area contributed by atoms with E-state index in [2.05, 4.69) is 16.1 Å². The highest BCUT2D eigenvalue weighted by molar-refractivity contribution is 7.89. The van der Waals surface area contributed by atoms with Gasteiger partial charge >= 0.3 is 0 Å². The number of sulfonamides is 1. The van der Waals surface area contributed by atoms with Crippen LogP contribution in [0.25, 0.3) is 0 Å². The number of halogens is 2. The zero-order valence-corrected chi connectivity index (χ0v) is 21.0. The molecule has 2 N–H and O–H groups in total. The van der Waals surface area contributed by atoms with E-state index >= 15 is 0 Å². The summed E-state index contributed by atoms with van der Waals surface area (Å²) in [5.74, 6) is -0.499. The van der Waals surface area contributed by atoms with E-state index < -0.39 is 22.0 Å². The third-order valence-corrected chi connectivity index (χ3v) is 7.72. The number of aromatic nitrogens is 1. The van der Waals surface area contributed by atoms with Crippen LogP contribution in [0.4, 0.5) is 0 Å². The molecule has 3 aromatic rings. The molecule has 0 radical (unpaired) electrons. The van der Waals surface area contributed by atoms with Crippen LogP contribution in [0.1, 0.15) is 36.2 Å². The van der Waals surface area contributed by atoms with Gasteiger partial charge in [0, 0.05) is 23.8 Å². The van der Waals surface area contributed by atoms with E-state index in [9.17, 15) is 18.5 Å². The Hall–Kier alpha value is -2.83. The Balaban J connectivity index is 1.86. The van der Waals surface area contributed by atoms with Gasteiger partial charge in [0.15, 0.2) is 0 Å². The van der Waals surface area contributed by atoms with E-state index in [-0.39, 0.29) is 28.9 Å². The molecule has 3 rings (SSSR count). The van der Waals surface area contributed by atoms with Crippen molar-refractivity contribution in [1.82, 2.24) is 14.6 Å². The van der Waals surface area contributed by atoms with Gasteiger partial charge in [-0.05, 0) is 61.7 Å². The lowest BCUT2D eigenvalue weighted by Gasteiger charge is -2.24. The summed E-state index contributed by atoms with van der Waals surface area (Å²) in [5.41, 5.74) is 1.69. The molecule has 1 amide bonds. The fourth-order valence-corrected chi connectivity index (χ4v) is 5.82. The zero-order chi connectivity index (χ0) is 24.9. The van der Waals surface area contributed by atoms with Gasteiger partial charge in [-0.25, -0.2) is 8.42 Å². The second-order valence-corrected chi connectivity index (χ2v) is 10.4. The van der Waals surface area contributed by atoms with E-state index in [4.69, 9.17) is 23.2 Å². The van der Waals surface area contributed by atoms with E-state index in [1.165, 1.54) is 6.07 Å². The third-order valence-electron chi connectivity index (χ3n) is 5.37. The summed E-state index contributed by atoms with van der Waals surface area (Å²) in [6.07, 6.45) is 1.83. The molecule has 0 saturated heterocycles. The van der Waals surface area contributed by atoms with Crippen LogP contribution in [-0.2, 0) is 21.4 Å². The van der Waals surface area contributed by atoms with Crippen LogP contribution in [0.15, 0.2) is 65.7 Å². The predicted molar refractivity (Wildman–Crippen MR) is 132 cm³/mol. The highest BCUT2D eigenvalue weighted by Gasteiger charge is 2.30. The molecule has 2 unspecified atom stereocenters. The molecule has 0 spiro atoms. The molecule has 0 aliphatic rings. The third kappa shape index (κ3) is 6.19. The Morgan fingerprint density at radius 1 is 1.12 bits per heavy atom. The number of amides is 1. The number of hydrogen-bond donors (Lipinski definition) is 2. The number of carbonyl (C=O) groups is 1. The SMILES string of the molecule is Cc1cccc(Cl)c1S(=O)(=O)NC(CC(C)n1cccc1C#N)C(=O)NCc1ccc(Cl)cc1. The summed E-state index contributed by atoms with van der Waals surface area (Å²) in [6, 6.07) is 15.8. The van der Waals surface area contributed by atoms with Crippen molar-refractivity contribution < 1.29 is 13.2 Å². The minimum Gasteiger partial charge on any atom is -0.351 e. The van der Waals surface area contributed by atoms with Gasteiger partial charge in [0.05, 0.1) is 5.02 Å². The fourth-order valence-electron chi connectivity index (χ4n) is 3.65. The lowest BCUT2D eigenvalue weighted by Crippen LogP contribution is -2.47. The fraction of sp³-hybridized carbons (Fsp3) is 0.250. The number of nitrogens with zero attached hydrogens (tertiary/aromatic N) is 2. The molecule has 0 aliphatic carbocycles. The smallest absolute Gasteiger partial charge is 0.243 e. The second kappa shape index (κ2) is 11.1. The Bertz CT molecular complexity index is 1290. The monoisotopic (exact) mass is 518 g/mol. The standard InChI is InChI=1S/C24H24Cl2N4O3S/c1-16-5-3-7-21(26)23(16)34(32,33)29-22(13-17(2)30-12-4-6-20(30)14-27)24(31)28-15-18-8-10-19(25)11-9-18/h3-12,17,22,29H,13,15H2,1-2H3,(H,28,31). The van der Waals surface area contributed by atoms with E-state index in [0.717, 1.165) is 5.56 Å². The minimum atomic E-state index is -4.12. The van der Waals surface area contributed by atoms with Crippen LogP contribution in [0.5, 0.6) is 0 Å². The molecule has 0 fully saturated rings. The number of rotatable bonds is 9. The van der Waals surface area contributed by atoms with Gasteiger partial charge in [-0.15, -0.1) is 0 Å². The maximum atomic E-state index is 13.2. The molecule has 2 aromatic carbocycles.